The summed E-state index contributed by atoms with van der Waals surface area (Å²) in [5.41, 5.74) is -2.50. The minimum Gasteiger partial charge on any atom is -0.506 e. The number of benzene rings is 1. The molecule has 1 amide bonds. The van der Waals surface area contributed by atoms with Crippen molar-refractivity contribution in [3.8, 4) is 17.4 Å². The van der Waals surface area contributed by atoms with E-state index in [1.807, 2.05) is 6.92 Å². The molecule has 0 aliphatic rings. The summed E-state index contributed by atoms with van der Waals surface area (Å²) in [5, 5.41) is 22.1. The lowest BCUT2D eigenvalue weighted by molar-refractivity contribution is -0.134. The molecule has 0 atom stereocenters. The van der Waals surface area contributed by atoms with Crippen LogP contribution < -0.4 is 15.7 Å². The van der Waals surface area contributed by atoms with Crippen LogP contribution in [-0.4, -0.2) is 27.9 Å². The van der Waals surface area contributed by atoms with Crippen LogP contribution in [0.25, 0.3) is 0 Å². The van der Waals surface area contributed by atoms with Crippen molar-refractivity contribution < 1.29 is 33.8 Å². The highest BCUT2D eigenvalue weighted by Crippen LogP contribution is 2.29. The van der Waals surface area contributed by atoms with Gasteiger partial charge in [0, 0.05) is 12.1 Å². The topological polar surface area (TPSA) is 143 Å². The van der Waals surface area contributed by atoms with Crippen LogP contribution in [0.4, 0.5) is 5.69 Å². The first-order valence-electron chi connectivity index (χ1n) is 8.46. The standard InChI is InChI=1S/C19H19NO8/c1-3-4-5-13(22)27-12-8-6-11(7-9-12)20-17(24)15-16(23)14(10(2)21)18(25)28-19(15)26/h6-9,23,26H,3-5H2,1-2H3,(H,20,24). The summed E-state index contributed by atoms with van der Waals surface area (Å²) in [6.45, 7) is 2.96. The summed E-state index contributed by atoms with van der Waals surface area (Å²) in [7, 11) is 0. The van der Waals surface area contributed by atoms with Gasteiger partial charge in [0.2, 0.25) is 0 Å². The first-order chi connectivity index (χ1) is 13.2. The number of ketones is 1. The molecule has 9 heteroatoms. The van der Waals surface area contributed by atoms with Crippen molar-refractivity contribution >= 4 is 23.3 Å². The molecule has 0 fully saturated rings. The highest BCUT2D eigenvalue weighted by molar-refractivity contribution is 6.10. The molecule has 9 nitrogen and oxygen atoms in total. The molecule has 148 valence electrons. The first kappa shape index (κ1) is 20.7. The van der Waals surface area contributed by atoms with Gasteiger partial charge in [-0.3, -0.25) is 14.4 Å². The molecule has 28 heavy (non-hydrogen) atoms. The number of carbonyl (C=O) groups is 3. The van der Waals surface area contributed by atoms with Gasteiger partial charge < -0.3 is 24.7 Å². The van der Waals surface area contributed by atoms with E-state index in [-0.39, 0.29) is 17.4 Å². The molecule has 2 aromatic rings. The molecule has 0 unspecified atom stereocenters. The van der Waals surface area contributed by atoms with E-state index >= 15 is 0 Å². The molecule has 1 heterocycles. The van der Waals surface area contributed by atoms with Gasteiger partial charge in [0.1, 0.15) is 11.3 Å². The lowest BCUT2D eigenvalue weighted by Crippen LogP contribution is -2.18. The van der Waals surface area contributed by atoms with E-state index in [9.17, 15) is 29.4 Å². The third-order valence-corrected chi connectivity index (χ3v) is 3.74. The third-order valence-electron chi connectivity index (χ3n) is 3.74. The number of carbonyl (C=O) groups excluding carboxylic acids is 3. The van der Waals surface area contributed by atoms with Crippen LogP contribution in [0.3, 0.4) is 0 Å². The van der Waals surface area contributed by atoms with Crippen molar-refractivity contribution in [2.24, 2.45) is 0 Å². The Bertz CT molecular complexity index is 959. The second-order valence-electron chi connectivity index (χ2n) is 5.91. The molecule has 0 aliphatic heterocycles. The largest absolute Gasteiger partial charge is 0.506 e. The van der Waals surface area contributed by atoms with Crippen LogP contribution in [0, 0.1) is 0 Å². The SMILES string of the molecule is CCCCC(=O)Oc1ccc(NC(=O)c2c(O)oc(=O)c(C(C)=O)c2O)cc1. The summed E-state index contributed by atoms with van der Waals surface area (Å²) in [6, 6.07) is 5.76. The fourth-order valence-corrected chi connectivity index (χ4v) is 2.33. The Hall–Kier alpha value is -3.62. The molecular weight excluding hydrogens is 370 g/mol. The van der Waals surface area contributed by atoms with E-state index in [0.29, 0.717) is 6.42 Å². The van der Waals surface area contributed by atoms with Crippen LogP contribution in [0.15, 0.2) is 33.5 Å². The maximum atomic E-state index is 12.3. The number of aromatic hydroxyl groups is 2. The molecule has 0 bridgehead atoms. The Morgan fingerprint density at radius 1 is 1.11 bits per heavy atom. The molecule has 0 saturated heterocycles. The quantitative estimate of drug-likeness (QED) is 0.372. The first-order valence-corrected chi connectivity index (χ1v) is 8.46. The Morgan fingerprint density at radius 3 is 2.32 bits per heavy atom. The lowest BCUT2D eigenvalue weighted by Gasteiger charge is -2.10. The highest BCUT2D eigenvalue weighted by atomic mass is 16.5. The molecule has 1 aromatic heterocycles. The number of Topliss-reactive ketones (excluding diaryl/α,β-unsaturated/α-hetero) is 1. The average molecular weight is 389 g/mol. The van der Waals surface area contributed by atoms with Crippen LogP contribution in [0.2, 0.25) is 0 Å². The number of hydrogen-bond acceptors (Lipinski definition) is 8. The van der Waals surface area contributed by atoms with Gasteiger partial charge in [-0.15, -0.1) is 0 Å². The predicted octanol–water partition coefficient (Wildman–Crippen LogP) is 2.60. The number of hydrogen-bond donors (Lipinski definition) is 3. The van der Waals surface area contributed by atoms with Gasteiger partial charge in [-0.25, -0.2) is 4.79 Å². The number of anilines is 1. The second kappa shape index (κ2) is 8.85. The van der Waals surface area contributed by atoms with Crippen molar-refractivity contribution in [2.75, 3.05) is 5.32 Å². The monoisotopic (exact) mass is 389 g/mol. The van der Waals surface area contributed by atoms with Crippen LogP contribution >= 0.6 is 0 Å². The summed E-state index contributed by atoms with van der Waals surface area (Å²) in [5.74, 6) is -4.01. The fraction of sp³-hybridized carbons (Fsp3) is 0.263. The molecule has 0 radical (unpaired) electrons. The fourth-order valence-electron chi connectivity index (χ4n) is 2.33. The zero-order valence-corrected chi connectivity index (χ0v) is 15.3. The average Bonchev–Trinajstić information content (AvgIpc) is 2.60. The van der Waals surface area contributed by atoms with Crippen LogP contribution in [0.1, 0.15) is 53.8 Å². The van der Waals surface area contributed by atoms with Crippen molar-refractivity contribution in [2.45, 2.75) is 33.1 Å². The van der Waals surface area contributed by atoms with Crippen molar-refractivity contribution in [3.05, 3.63) is 45.8 Å². The number of rotatable bonds is 7. The molecule has 2 rings (SSSR count). The van der Waals surface area contributed by atoms with Crippen molar-refractivity contribution in [3.63, 3.8) is 0 Å². The van der Waals surface area contributed by atoms with Gasteiger partial charge in [0.05, 0.1) is 0 Å². The van der Waals surface area contributed by atoms with Gasteiger partial charge >= 0.3 is 17.5 Å². The van der Waals surface area contributed by atoms with E-state index in [0.717, 1.165) is 19.8 Å². The zero-order valence-electron chi connectivity index (χ0n) is 15.3. The van der Waals surface area contributed by atoms with E-state index in [1.165, 1.54) is 24.3 Å². The maximum absolute atomic E-state index is 12.3. The Labute approximate surface area is 159 Å². The number of unbranched alkanes of at least 4 members (excludes halogenated alkanes) is 1. The number of esters is 1. The molecule has 1 aromatic carbocycles. The molecule has 0 saturated carbocycles. The highest BCUT2D eigenvalue weighted by Gasteiger charge is 2.27. The normalized spacial score (nSPS) is 10.4. The van der Waals surface area contributed by atoms with E-state index < -0.39 is 40.1 Å². The Kier molecular flexibility index (Phi) is 6.54. The van der Waals surface area contributed by atoms with E-state index in [2.05, 4.69) is 9.73 Å². The van der Waals surface area contributed by atoms with Gasteiger partial charge in [0.15, 0.2) is 17.1 Å². The lowest BCUT2D eigenvalue weighted by atomic mass is 10.1. The van der Waals surface area contributed by atoms with Crippen LogP contribution in [0.5, 0.6) is 17.4 Å². The number of nitrogens with one attached hydrogen (secondary N) is 1. The molecule has 0 aliphatic carbocycles. The summed E-state index contributed by atoms with van der Waals surface area (Å²) >= 11 is 0. The maximum Gasteiger partial charge on any atom is 0.353 e. The Morgan fingerprint density at radius 2 is 1.75 bits per heavy atom. The summed E-state index contributed by atoms with van der Waals surface area (Å²) < 4.78 is 9.57. The molecule has 0 spiro atoms. The van der Waals surface area contributed by atoms with Crippen molar-refractivity contribution in [1.29, 1.82) is 0 Å². The van der Waals surface area contributed by atoms with E-state index in [4.69, 9.17) is 4.74 Å². The van der Waals surface area contributed by atoms with Gasteiger partial charge in [-0.1, -0.05) is 13.3 Å². The zero-order chi connectivity index (χ0) is 20.8. The molecule has 3 N–H and O–H groups in total. The smallest absolute Gasteiger partial charge is 0.353 e. The van der Waals surface area contributed by atoms with Gasteiger partial charge in [-0.2, -0.15) is 0 Å². The number of amides is 1. The van der Waals surface area contributed by atoms with Gasteiger partial charge in [0.25, 0.3) is 5.91 Å². The Balaban J connectivity index is 2.18. The van der Waals surface area contributed by atoms with Crippen molar-refractivity contribution in [1.82, 2.24) is 0 Å². The summed E-state index contributed by atoms with van der Waals surface area (Å²) in [6.07, 6.45) is 1.88. The minimum atomic E-state index is -1.26. The molecular formula is C19H19NO8. The second-order valence-corrected chi connectivity index (χ2v) is 5.91. The van der Waals surface area contributed by atoms with E-state index in [1.54, 1.807) is 0 Å². The minimum absolute atomic E-state index is 0.243. The predicted molar refractivity (Wildman–Crippen MR) is 97.9 cm³/mol. The summed E-state index contributed by atoms with van der Waals surface area (Å²) in [4.78, 5) is 46.9. The van der Waals surface area contributed by atoms with Crippen LogP contribution in [-0.2, 0) is 4.79 Å². The van der Waals surface area contributed by atoms with Gasteiger partial charge in [-0.05, 0) is 37.6 Å². The third kappa shape index (κ3) is 4.76. The number of ether oxygens (including phenoxy) is 1.